The first-order valence-corrected chi connectivity index (χ1v) is 7.00. The van der Waals surface area contributed by atoms with Crippen molar-refractivity contribution in [2.24, 2.45) is 16.5 Å². The number of carbonyl (C=O) groups excluding carboxylic acids is 2. The number of hydrogen-bond donors (Lipinski definition) is 2. The fraction of sp³-hybridized carbons (Fsp3) is 0.182. The van der Waals surface area contributed by atoms with Gasteiger partial charge in [-0.25, -0.2) is 8.42 Å². The summed E-state index contributed by atoms with van der Waals surface area (Å²) < 4.78 is 23.0. The quantitative estimate of drug-likeness (QED) is 0.445. The van der Waals surface area contributed by atoms with Gasteiger partial charge in [0.2, 0.25) is 0 Å². The van der Waals surface area contributed by atoms with Crippen molar-refractivity contribution in [3.8, 4) is 0 Å². The number of guanidine groups is 1. The lowest BCUT2D eigenvalue weighted by atomic mass is 10.1. The van der Waals surface area contributed by atoms with Crippen LogP contribution in [0.2, 0.25) is 0 Å². The van der Waals surface area contributed by atoms with Gasteiger partial charge in [-0.15, -0.1) is 0 Å². The Labute approximate surface area is 110 Å². The second-order valence-corrected chi connectivity index (χ2v) is 5.93. The molecule has 8 heteroatoms. The Balaban J connectivity index is 3.50. The average Bonchev–Trinajstić information content (AvgIpc) is 2.26. The van der Waals surface area contributed by atoms with E-state index in [9.17, 15) is 18.0 Å². The monoisotopic (exact) mass is 283 g/mol. The molecule has 0 spiro atoms. The molecule has 1 aromatic rings. The topological polar surface area (TPSA) is 133 Å². The second-order valence-electron chi connectivity index (χ2n) is 3.92. The molecule has 102 valence electrons. The Hall–Kier alpha value is -2.22. The predicted molar refractivity (Wildman–Crippen MR) is 69.7 cm³/mol. The average molecular weight is 283 g/mol. The number of sulfone groups is 1. The minimum absolute atomic E-state index is 0.0680. The smallest absolute Gasteiger partial charge is 0.280 e. The maximum atomic E-state index is 11.7. The van der Waals surface area contributed by atoms with Gasteiger partial charge >= 0.3 is 0 Å². The second kappa shape index (κ2) is 5.19. The zero-order chi connectivity index (χ0) is 14.8. The third kappa shape index (κ3) is 3.88. The lowest BCUT2D eigenvalue weighted by Crippen LogP contribution is -2.24. The van der Waals surface area contributed by atoms with E-state index in [-0.39, 0.29) is 21.8 Å². The highest BCUT2D eigenvalue weighted by atomic mass is 32.2. The first kappa shape index (κ1) is 14.8. The molecule has 1 aromatic carbocycles. The Morgan fingerprint density at radius 1 is 1.11 bits per heavy atom. The Kier molecular flexibility index (Phi) is 4.05. The summed E-state index contributed by atoms with van der Waals surface area (Å²) in [4.78, 5) is 26.1. The third-order valence-corrected chi connectivity index (χ3v) is 3.31. The van der Waals surface area contributed by atoms with E-state index < -0.39 is 21.7 Å². The van der Waals surface area contributed by atoms with Crippen LogP contribution < -0.4 is 11.5 Å². The summed E-state index contributed by atoms with van der Waals surface area (Å²) >= 11 is 0. The van der Waals surface area contributed by atoms with Crippen LogP contribution in [-0.4, -0.2) is 32.3 Å². The Morgan fingerprint density at radius 2 is 1.63 bits per heavy atom. The fourth-order valence-corrected chi connectivity index (χ4v) is 2.00. The van der Waals surface area contributed by atoms with Gasteiger partial charge < -0.3 is 11.5 Å². The minimum Gasteiger partial charge on any atom is -0.370 e. The number of carbonyl (C=O) groups is 2. The van der Waals surface area contributed by atoms with Gasteiger partial charge in [-0.3, -0.25) is 9.59 Å². The number of nitrogens with two attached hydrogens (primary N) is 2. The van der Waals surface area contributed by atoms with E-state index in [1.165, 1.54) is 19.1 Å². The van der Waals surface area contributed by atoms with Crippen molar-refractivity contribution >= 4 is 27.5 Å². The van der Waals surface area contributed by atoms with Gasteiger partial charge in [0, 0.05) is 17.4 Å². The van der Waals surface area contributed by atoms with Gasteiger partial charge in [-0.05, 0) is 25.1 Å². The molecule has 4 N–H and O–H groups in total. The molecule has 0 heterocycles. The van der Waals surface area contributed by atoms with Crippen molar-refractivity contribution in [3.05, 3.63) is 29.3 Å². The molecule has 0 unspecified atom stereocenters. The molecule has 19 heavy (non-hydrogen) atoms. The Morgan fingerprint density at radius 3 is 2.05 bits per heavy atom. The van der Waals surface area contributed by atoms with E-state index in [4.69, 9.17) is 11.5 Å². The molecule has 0 aliphatic carbocycles. The summed E-state index contributed by atoms with van der Waals surface area (Å²) in [6, 6.07) is 3.56. The largest absolute Gasteiger partial charge is 0.370 e. The number of Topliss-reactive ketones (excluding diaryl/α,β-unsaturated/α-hetero) is 1. The van der Waals surface area contributed by atoms with Gasteiger partial charge in [-0.2, -0.15) is 4.99 Å². The maximum absolute atomic E-state index is 11.7. The van der Waals surface area contributed by atoms with Crippen LogP contribution in [-0.2, 0) is 9.84 Å². The third-order valence-electron chi connectivity index (χ3n) is 2.22. The van der Waals surface area contributed by atoms with Crippen LogP contribution >= 0.6 is 0 Å². The number of nitrogens with zero attached hydrogens (tertiary/aromatic N) is 1. The van der Waals surface area contributed by atoms with Crippen LogP contribution in [0.15, 0.2) is 28.1 Å². The highest BCUT2D eigenvalue weighted by Gasteiger charge is 2.15. The van der Waals surface area contributed by atoms with Crippen LogP contribution in [0.4, 0.5) is 0 Å². The van der Waals surface area contributed by atoms with Crippen molar-refractivity contribution in [2.75, 3.05) is 6.26 Å². The van der Waals surface area contributed by atoms with E-state index >= 15 is 0 Å². The van der Waals surface area contributed by atoms with Gasteiger partial charge in [0.15, 0.2) is 21.6 Å². The van der Waals surface area contributed by atoms with Gasteiger partial charge in [0.25, 0.3) is 5.91 Å². The minimum atomic E-state index is -3.56. The predicted octanol–water partition coefficient (Wildman–Crippen LogP) is -0.294. The summed E-state index contributed by atoms with van der Waals surface area (Å²) in [5.74, 6) is -1.63. The molecule has 0 saturated heterocycles. The van der Waals surface area contributed by atoms with E-state index in [1.54, 1.807) is 0 Å². The molecule has 0 saturated carbocycles. The summed E-state index contributed by atoms with van der Waals surface area (Å²) in [5.41, 5.74) is 10.2. The van der Waals surface area contributed by atoms with Crippen LogP contribution in [0.3, 0.4) is 0 Å². The van der Waals surface area contributed by atoms with Crippen molar-refractivity contribution in [3.63, 3.8) is 0 Å². The lowest BCUT2D eigenvalue weighted by Gasteiger charge is -2.04. The number of ketones is 1. The molecular weight excluding hydrogens is 270 g/mol. The number of aliphatic imine (C=N–C) groups is 1. The van der Waals surface area contributed by atoms with Crippen molar-refractivity contribution in [1.82, 2.24) is 0 Å². The molecule has 0 atom stereocenters. The molecule has 0 aliphatic heterocycles. The summed E-state index contributed by atoms with van der Waals surface area (Å²) in [5, 5.41) is 0. The first-order valence-electron chi connectivity index (χ1n) is 5.11. The highest BCUT2D eigenvalue weighted by molar-refractivity contribution is 7.90. The van der Waals surface area contributed by atoms with Crippen LogP contribution in [0.1, 0.15) is 27.6 Å². The normalized spacial score (nSPS) is 10.8. The number of rotatable bonds is 3. The van der Waals surface area contributed by atoms with E-state index in [0.29, 0.717) is 0 Å². The summed E-state index contributed by atoms with van der Waals surface area (Å²) in [6.45, 7) is 1.26. The van der Waals surface area contributed by atoms with Crippen LogP contribution in [0.25, 0.3) is 0 Å². The fourth-order valence-electron chi connectivity index (χ4n) is 1.32. The summed E-state index contributed by atoms with van der Waals surface area (Å²) in [6.07, 6.45) is 0.973. The molecule has 7 nitrogen and oxygen atoms in total. The summed E-state index contributed by atoms with van der Waals surface area (Å²) in [7, 11) is -3.56. The SMILES string of the molecule is CC(=O)c1cc(C(=O)N=C(N)N)cc(S(C)(=O)=O)c1. The molecule has 0 radical (unpaired) electrons. The molecule has 0 fully saturated rings. The van der Waals surface area contributed by atoms with Gasteiger partial charge in [0.1, 0.15) is 0 Å². The number of hydrogen-bond acceptors (Lipinski definition) is 4. The Bertz CT molecular complexity index is 673. The lowest BCUT2D eigenvalue weighted by molar-refractivity contribution is 0.100. The standard InChI is InChI=1S/C11H13N3O4S/c1-6(15)7-3-8(10(16)14-11(12)13)5-9(4-7)19(2,17)18/h3-5H,1-2H3,(H4,12,13,14,16). The van der Waals surface area contributed by atoms with Gasteiger partial charge in [-0.1, -0.05) is 0 Å². The molecule has 1 amide bonds. The maximum Gasteiger partial charge on any atom is 0.280 e. The van der Waals surface area contributed by atoms with E-state index in [0.717, 1.165) is 12.3 Å². The zero-order valence-electron chi connectivity index (χ0n) is 10.4. The molecule has 0 aromatic heterocycles. The molecule has 1 rings (SSSR count). The van der Waals surface area contributed by atoms with Crippen LogP contribution in [0.5, 0.6) is 0 Å². The van der Waals surface area contributed by atoms with Crippen molar-refractivity contribution < 1.29 is 18.0 Å². The van der Waals surface area contributed by atoms with E-state index in [1.807, 2.05) is 0 Å². The molecule has 0 aliphatic rings. The number of benzene rings is 1. The van der Waals surface area contributed by atoms with Crippen molar-refractivity contribution in [2.45, 2.75) is 11.8 Å². The zero-order valence-corrected chi connectivity index (χ0v) is 11.2. The van der Waals surface area contributed by atoms with Crippen molar-refractivity contribution in [1.29, 1.82) is 0 Å². The molecule has 0 bridgehead atoms. The van der Waals surface area contributed by atoms with E-state index in [2.05, 4.69) is 4.99 Å². The first-order chi connectivity index (χ1) is 8.61. The highest BCUT2D eigenvalue weighted by Crippen LogP contribution is 2.16. The van der Waals surface area contributed by atoms with Gasteiger partial charge in [0.05, 0.1) is 4.90 Å². The molecular formula is C11H13N3O4S. The van der Waals surface area contributed by atoms with Crippen LogP contribution in [0, 0.1) is 0 Å². The number of amides is 1.